The molecule has 0 bridgehead atoms. The second-order valence-electron chi connectivity index (χ2n) is 6.19. The first-order chi connectivity index (χ1) is 11.8. The zero-order valence-electron chi connectivity index (χ0n) is 13.0. The number of carboxylic acid groups (broad SMARTS) is 1. The van der Waals surface area contributed by atoms with Crippen molar-refractivity contribution in [1.29, 1.82) is 0 Å². The molecule has 0 saturated heterocycles. The number of benzene rings is 1. The van der Waals surface area contributed by atoms with Crippen LogP contribution in [0.4, 0.5) is 13.2 Å². The Morgan fingerprint density at radius 1 is 1.24 bits per heavy atom. The van der Waals surface area contributed by atoms with Gasteiger partial charge in [-0.05, 0) is 43.2 Å². The highest BCUT2D eigenvalue weighted by Crippen LogP contribution is 2.40. The number of aromatic nitrogens is 3. The number of carbonyl (C=O) groups is 1. The molecule has 1 aliphatic rings. The van der Waals surface area contributed by atoms with Gasteiger partial charge in [0.05, 0.1) is 12.1 Å². The van der Waals surface area contributed by atoms with Gasteiger partial charge in [0.2, 0.25) is 0 Å². The van der Waals surface area contributed by atoms with E-state index in [9.17, 15) is 18.0 Å². The van der Waals surface area contributed by atoms with Crippen LogP contribution in [0.25, 0.3) is 10.9 Å². The van der Waals surface area contributed by atoms with Crippen molar-refractivity contribution in [3.8, 4) is 0 Å². The average molecular weight is 349 g/mol. The molecule has 0 amide bonds. The van der Waals surface area contributed by atoms with Crippen LogP contribution in [-0.4, -0.2) is 25.4 Å². The van der Waals surface area contributed by atoms with Crippen LogP contribution in [0, 0.1) is 0 Å². The quantitative estimate of drug-likeness (QED) is 0.776. The summed E-state index contributed by atoms with van der Waals surface area (Å²) in [7, 11) is 0. The lowest BCUT2D eigenvalue weighted by Gasteiger charge is -2.13. The Hall–Kier alpha value is -2.77. The summed E-state index contributed by atoms with van der Waals surface area (Å²) >= 11 is 0. The van der Waals surface area contributed by atoms with E-state index in [1.807, 2.05) is 4.57 Å². The summed E-state index contributed by atoms with van der Waals surface area (Å²) in [6.45, 7) is -0.0184. The highest BCUT2D eigenvalue weighted by molar-refractivity contribution is 5.94. The molecule has 8 heteroatoms. The predicted molar refractivity (Wildman–Crippen MR) is 83.5 cm³/mol. The molecule has 0 aliphatic heterocycles. The summed E-state index contributed by atoms with van der Waals surface area (Å²) in [5.41, 5.74) is 0.880. The third kappa shape index (κ3) is 2.77. The van der Waals surface area contributed by atoms with Gasteiger partial charge in [-0.1, -0.05) is 0 Å². The van der Waals surface area contributed by atoms with Gasteiger partial charge in [0.15, 0.2) is 0 Å². The van der Waals surface area contributed by atoms with Crippen molar-refractivity contribution in [2.24, 2.45) is 0 Å². The van der Waals surface area contributed by atoms with Gasteiger partial charge < -0.3 is 9.67 Å². The minimum atomic E-state index is -4.47. The molecule has 0 unspecified atom stereocenters. The Kier molecular flexibility index (Phi) is 3.38. The highest BCUT2D eigenvalue weighted by Gasteiger charge is 2.35. The van der Waals surface area contributed by atoms with Gasteiger partial charge >= 0.3 is 12.1 Å². The Balaban J connectivity index is 1.80. The maximum absolute atomic E-state index is 13.1. The van der Waals surface area contributed by atoms with Crippen LogP contribution in [0.3, 0.4) is 0 Å². The summed E-state index contributed by atoms with van der Waals surface area (Å²) in [6.07, 6.45) is -1.41. The van der Waals surface area contributed by atoms with Crippen LogP contribution in [0.15, 0.2) is 36.5 Å². The van der Waals surface area contributed by atoms with E-state index in [-0.39, 0.29) is 18.2 Å². The van der Waals surface area contributed by atoms with Crippen molar-refractivity contribution in [1.82, 2.24) is 14.3 Å². The van der Waals surface area contributed by atoms with E-state index in [2.05, 4.69) is 5.10 Å². The third-order valence-electron chi connectivity index (χ3n) is 4.40. The largest absolute Gasteiger partial charge is 0.478 e. The lowest BCUT2D eigenvalue weighted by atomic mass is 10.1. The van der Waals surface area contributed by atoms with Gasteiger partial charge in [0, 0.05) is 28.8 Å². The number of aromatic carboxylic acids is 1. The maximum Gasteiger partial charge on any atom is 0.433 e. The Bertz CT molecular complexity index is 967. The average Bonchev–Trinajstić information content (AvgIpc) is 3.13. The lowest BCUT2D eigenvalue weighted by Crippen LogP contribution is -2.16. The van der Waals surface area contributed by atoms with Gasteiger partial charge in [-0.3, -0.25) is 4.68 Å². The van der Waals surface area contributed by atoms with E-state index in [1.165, 1.54) is 6.07 Å². The summed E-state index contributed by atoms with van der Waals surface area (Å²) < 4.78 is 42.1. The third-order valence-corrected chi connectivity index (χ3v) is 4.40. The van der Waals surface area contributed by atoms with Crippen molar-refractivity contribution in [3.05, 3.63) is 53.5 Å². The Labute approximate surface area is 140 Å². The summed E-state index contributed by atoms with van der Waals surface area (Å²) in [6, 6.07) is 7.73. The molecule has 3 aromatic rings. The minimum absolute atomic E-state index is 0.0184. The maximum atomic E-state index is 13.1. The monoisotopic (exact) mass is 349 g/mol. The fourth-order valence-electron chi connectivity index (χ4n) is 3.16. The van der Waals surface area contributed by atoms with E-state index in [4.69, 9.17) is 5.11 Å². The van der Waals surface area contributed by atoms with Gasteiger partial charge in [-0.25, -0.2) is 4.79 Å². The topological polar surface area (TPSA) is 60.0 Å². The van der Waals surface area contributed by atoms with Gasteiger partial charge in [0.1, 0.15) is 5.69 Å². The van der Waals surface area contributed by atoms with Gasteiger partial charge in [0.25, 0.3) is 0 Å². The lowest BCUT2D eigenvalue weighted by molar-refractivity contribution is -0.144. The van der Waals surface area contributed by atoms with Crippen molar-refractivity contribution in [3.63, 3.8) is 0 Å². The molecule has 2 aromatic heterocycles. The van der Waals surface area contributed by atoms with Crippen LogP contribution in [0.2, 0.25) is 0 Å². The highest BCUT2D eigenvalue weighted by atomic mass is 19.4. The molecule has 25 heavy (non-hydrogen) atoms. The zero-order valence-corrected chi connectivity index (χ0v) is 13.0. The molecule has 0 radical (unpaired) electrons. The molecule has 1 N–H and O–H groups in total. The van der Waals surface area contributed by atoms with Crippen LogP contribution in [0.1, 0.15) is 40.6 Å². The fourth-order valence-corrected chi connectivity index (χ4v) is 3.16. The first-order valence-electron chi connectivity index (χ1n) is 7.81. The second-order valence-corrected chi connectivity index (χ2v) is 6.19. The second kappa shape index (κ2) is 5.37. The number of carboxylic acids is 1. The minimum Gasteiger partial charge on any atom is -0.478 e. The van der Waals surface area contributed by atoms with Gasteiger partial charge in [-0.2, -0.15) is 18.3 Å². The van der Waals surface area contributed by atoms with Crippen LogP contribution < -0.4 is 0 Å². The number of rotatable bonds is 4. The first kappa shape index (κ1) is 15.7. The molecular formula is C17H14F3N3O2. The first-order valence-corrected chi connectivity index (χ1v) is 7.81. The van der Waals surface area contributed by atoms with Crippen LogP contribution >= 0.6 is 0 Å². The predicted octanol–water partition coefficient (Wildman–Crippen LogP) is 3.94. The Morgan fingerprint density at radius 2 is 2.00 bits per heavy atom. The normalized spacial score (nSPS) is 15.0. The van der Waals surface area contributed by atoms with E-state index >= 15 is 0 Å². The summed E-state index contributed by atoms with van der Waals surface area (Å²) in [5.74, 6) is -1.03. The molecule has 0 atom stereocenters. The van der Waals surface area contributed by atoms with Crippen LogP contribution in [0.5, 0.6) is 0 Å². The zero-order chi connectivity index (χ0) is 17.8. The van der Waals surface area contributed by atoms with E-state index in [0.717, 1.165) is 35.3 Å². The van der Waals surface area contributed by atoms with E-state index < -0.39 is 17.8 Å². The van der Waals surface area contributed by atoms with Crippen LogP contribution in [-0.2, 0) is 12.7 Å². The number of hydrogen-bond acceptors (Lipinski definition) is 2. The molecule has 4 rings (SSSR count). The SMILES string of the molecule is O=C(O)c1ccc2c(c1)cc(Cn1nccc1C(F)(F)F)n2C1CC1. The molecule has 1 aromatic carbocycles. The number of fused-ring (bicyclic) bond motifs is 1. The number of alkyl halides is 3. The van der Waals surface area contributed by atoms with Crippen molar-refractivity contribution < 1.29 is 23.1 Å². The van der Waals surface area contributed by atoms with Crippen molar-refractivity contribution >= 4 is 16.9 Å². The molecular weight excluding hydrogens is 335 g/mol. The summed E-state index contributed by atoms with van der Waals surface area (Å²) in [4.78, 5) is 11.1. The number of halogens is 3. The van der Waals surface area contributed by atoms with Gasteiger partial charge in [-0.15, -0.1) is 0 Å². The van der Waals surface area contributed by atoms with Crippen molar-refractivity contribution in [2.75, 3.05) is 0 Å². The molecule has 130 valence electrons. The smallest absolute Gasteiger partial charge is 0.433 e. The summed E-state index contributed by atoms with van der Waals surface area (Å²) in [5, 5.41) is 13.6. The standard InChI is InChI=1S/C17H14F3N3O2/c18-17(19,20)15-5-6-21-22(15)9-13-8-11-7-10(16(24)25)1-4-14(11)23(13)12-2-3-12/h1,4-8,12H,2-3,9H2,(H,24,25). The fraction of sp³-hybridized carbons (Fsp3) is 0.294. The molecule has 0 spiro atoms. The van der Waals surface area contributed by atoms with E-state index in [1.54, 1.807) is 18.2 Å². The van der Waals surface area contributed by atoms with E-state index in [0.29, 0.717) is 11.1 Å². The number of hydrogen-bond donors (Lipinski definition) is 1. The molecule has 1 aliphatic carbocycles. The number of nitrogens with zero attached hydrogens (tertiary/aromatic N) is 3. The molecule has 2 heterocycles. The Morgan fingerprint density at radius 3 is 2.64 bits per heavy atom. The molecule has 1 fully saturated rings. The van der Waals surface area contributed by atoms with Crippen molar-refractivity contribution in [2.45, 2.75) is 31.6 Å². The molecule has 5 nitrogen and oxygen atoms in total. The molecule has 1 saturated carbocycles.